The average molecular weight is 184 g/mol. The number of likely N-dealkylation sites (tertiary alicyclic amines) is 1. The van der Waals surface area contributed by atoms with Gasteiger partial charge in [-0.2, -0.15) is 0 Å². The third-order valence-electron chi connectivity index (χ3n) is 3.37. The predicted molar refractivity (Wildman–Crippen MR) is 52.6 cm³/mol. The van der Waals surface area contributed by atoms with E-state index in [1.165, 1.54) is 25.9 Å². The Morgan fingerprint density at radius 2 is 2.00 bits per heavy atom. The van der Waals surface area contributed by atoms with Gasteiger partial charge in [0.1, 0.15) is 0 Å². The number of rotatable bonds is 1. The molecule has 2 fully saturated rings. The van der Waals surface area contributed by atoms with Crippen molar-refractivity contribution in [1.29, 1.82) is 0 Å². The maximum atomic E-state index is 5.77. The fraction of sp³-hybridized carbons (Fsp3) is 1.00. The van der Waals surface area contributed by atoms with Crippen molar-refractivity contribution in [3.05, 3.63) is 0 Å². The van der Waals surface area contributed by atoms with Gasteiger partial charge in [-0.3, -0.25) is 5.32 Å². The molecule has 0 aromatic rings. The van der Waals surface area contributed by atoms with Crippen LogP contribution in [0.3, 0.4) is 0 Å². The first-order valence-corrected chi connectivity index (χ1v) is 5.31. The molecule has 0 unspecified atom stereocenters. The van der Waals surface area contributed by atoms with Crippen molar-refractivity contribution in [2.75, 3.05) is 26.4 Å². The van der Waals surface area contributed by atoms with Crippen molar-refractivity contribution in [2.24, 2.45) is 0 Å². The number of hydrogen-bond acceptors (Lipinski definition) is 3. The van der Waals surface area contributed by atoms with E-state index in [0.29, 0.717) is 6.04 Å². The van der Waals surface area contributed by atoms with Crippen molar-refractivity contribution in [3.63, 3.8) is 0 Å². The highest BCUT2D eigenvalue weighted by molar-refractivity contribution is 4.92. The Balaban J connectivity index is 1.88. The minimum Gasteiger partial charge on any atom is -0.358 e. The third kappa shape index (κ3) is 1.87. The van der Waals surface area contributed by atoms with Crippen molar-refractivity contribution in [1.82, 2.24) is 10.2 Å². The van der Waals surface area contributed by atoms with E-state index in [1.54, 1.807) is 0 Å². The van der Waals surface area contributed by atoms with E-state index in [9.17, 15) is 0 Å². The average Bonchev–Trinajstić information content (AvgIpc) is 2.54. The summed E-state index contributed by atoms with van der Waals surface area (Å²) in [5.41, 5.74) is 0.186. The van der Waals surface area contributed by atoms with Gasteiger partial charge in [-0.25, -0.2) is 0 Å². The zero-order chi connectivity index (χ0) is 9.31. The van der Waals surface area contributed by atoms with E-state index in [2.05, 4.69) is 24.1 Å². The molecule has 2 aliphatic rings. The summed E-state index contributed by atoms with van der Waals surface area (Å²) in [4.78, 5) is 2.53. The highest BCUT2D eigenvalue weighted by atomic mass is 16.5. The van der Waals surface area contributed by atoms with Crippen LogP contribution in [0.25, 0.3) is 0 Å². The first-order chi connectivity index (χ1) is 6.22. The molecular formula is C10H20N2O. The first kappa shape index (κ1) is 9.44. The van der Waals surface area contributed by atoms with Gasteiger partial charge in [0, 0.05) is 25.7 Å². The van der Waals surface area contributed by atoms with Gasteiger partial charge >= 0.3 is 0 Å². The second-order valence-electron chi connectivity index (χ2n) is 4.53. The van der Waals surface area contributed by atoms with E-state index >= 15 is 0 Å². The molecule has 1 N–H and O–H groups in total. The minimum atomic E-state index is 0.186. The zero-order valence-corrected chi connectivity index (χ0v) is 8.68. The quantitative estimate of drug-likeness (QED) is 0.652. The van der Waals surface area contributed by atoms with Crippen molar-refractivity contribution in [3.8, 4) is 0 Å². The lowest BCUT2D eigenvalue weighted by molar-refractivity contribution is -0.0416. The van der Waals surface area contributed by atoms with Gasteiger partial charge in [0.2, 0.25) is 0 Å². The van der Waals surface area contributed by atoms with Crippen LogP contribution < -0.4 is 5.32 Å². The van der Waals surface area contributed by atoms with Gasteiger partial charge in [0.05, 0.1) is 12.3 Å². The molecule has 0 aromatic heterocycles. The molecule has 1 spiro atoms. The number of nitrogens with one attached hydrogen (secondary N) is 1. The largest absolute Gasteiger partial charge is 0.358 e. The molecule has 0 saturated carbocycles. The van der Waals surface area contributed by atoms with Gasteiger partial charge in [0.15, 0.2) is 0 Å². The fourth-order valence-corrected chi connectivity index (χ4v) is 2.30. The summed E-state index contributed by atoms with van der Waals surface area (Å²) < 4.78 is 5.77. The highest BCUT2D eigenvalue weighted by Gasteiger charge is 2.38. The molecule has 76 valence electrons. The molecular weight excluding hydrogens is 164 g/mol. The Morgan fingerprint density at radius 1 is 1.31 bits per heavy atom. The summed E-state index contributed by atoms with van der Waals surface area (Å²) in [5.74, 6) is 0. The molecule has 2 aliphatic heterocycles. The Morgan fingerprint density at radius 3 is 2.46 bits per heavy atom. The summed E-state index contributed by atoms with van der Waals surface area (Å²) in [6, 6.07) is 0.687. The fourth-order valence-electron chi connectivity index (χ4n) is 2.30. The Kier molecular flexibility index (Phi) is 2.58. The van der Waals surface area contributed by atoms with Gasteiger partial charge in [0.25, 0.3) is 0 Å². The normalized spacial score (nSPS) is 28.8. The van der Waals surface area contributed by atoms with Gasteiger partial charge in [-0.05, 0) is 26.7 Å². The molecule has 3 nitrogen and oxygen atoms in total. The zero-order valence-electron chi connectivity index (χ0n) is 8.68. The molecule has 0 atom stereocenters. The predicted octanol–water partition coefficient (Wildman–Crippen LogP) is 0.807. The standard InChI is InChI=1S/C10H20N2O/c1-9(2)12-5-3-10(4-6-12)7-11-8-13-10/h9,11H,3-8H2,1-2H3. The van der Waals surface area contributed by atoms with Gasteiger partial charge in [-0.1, -0.05) is 0 Å². The first-order valence-electron chi connectivity index (χ1n) is 5.31. The summed E-state index contributed by atoms with van der Waals surface area (Å²) in [6.45, 7) is 8.73. The summed E-state index contributed by atoms with van der Waals surface area (Å²) >= 11 is 0. The number of hydrogen-bond donors (Lipinski definition) is 1. The minimum absolute atomic E-state index is 0.186. The van der Waals surface area contributed by atoms with Gasteiger partial charge < -0.3 is 9.64 Å². The molecule has 0 bridgehead atoms. The van der Waals surface area contributed by atoms with Gasteiger partial charge in [-0.15, -0.1) is 0 Å². The van der Waals surface area contributed by atoms with Crippen LogP contribution in [0, 0.1) is 0 Å². The van der Waals surface area contributed by atoms with E-state index in [0.717, 1.165) is 13.3 Å². The lowest BCUT2D eigenvalue weighted by atomic mass is 9.91. The molecule has 0 aromatic carbocycles. The van der Waals surface area contributed by atoms with E-state index in [1.807, 2.05) is 0 Å². The smallest absolute Gasteiger partial charge is 0.0974 e. The second kappa shape index (κ2) is 3.56. The molecule has 0 radical (unpaired) electrons. The molecule has 2 rings (SSSR count). The van der Waals surface area contributed by atoms with E-state index in [4.69, 9.17) is 4.74 Å². The molecule has 13 heavy (non-hydrogen) atoms. The Hall–Kier alpha value is -0.120. The van der Waals surface area contributed by atoms with Crippen LogP contribution >= 0.6 is 0 Å². The van der Waals surface area contributed by atoms with Crippen molar-refractivity contribution < 1.29 is 4.74 Å². The van der Waals surface area contributed by atoms with Crippen LogP contribution in [0.1, 0.15) is 26.7 Å². The number of piperidine rings is 1. The maximum absolute atomic E-state index is 5.77. The molecule has 0 aliphatic carbocycles. The van der Waals surface area contributed by atoms with E-state index < -0.39 is 0 Å². The van der Waals surface area contributed by atoms with Crippen LogP contribution in [0.15, 0.2) is 0 Å². The lowest BCUT2D eigenvalue weighted by Crippen LogP contribution is -2.48. The van der Waals surface area contributed by atoms with E-state index in [-0.39, 0.29) is 5.60 Å². The van der Waals surface area contributed by atoms with Crippen LogP contribution in [-0.4, -0.2) is 42.9 Å². The Bertz CT molecular complexity index is 166. The number of ether oxygens (including phenoxy) is 1. The molecule has 0 amide bonds. The van der Waals surface area contributed by atoms with Crippen molar-refractivity contribution in [2.45, 2.75) is 38.3 Å². The molecule has 2 saturated heterocycles. The van der Waals surface area contributed by atoms with Crippen LogP contribution in [0.4, 0.5) is 0 Å². The van der Waals surface area contributed by atoms with Crippen LogP contribution in [0.5, 0.6) is 0 Å². The third-order valence-corrected chi connectivity index (χ3v) is 3.37. The Labute approximate surface area is 80.4 Å². The number of nitrogens with zero attached hydrogens (tertiary/aromatic N) is 1. The summed E-state index contributed by atoms with van der Waals surface area (Å²) in [6.07, 6.45) is 2.39. The summed E-state index contributed by atoms with van der Waals surface area (Å²) in [5, 5.41) is 3.29. The second-order valence-corrected chi connectivity index (χ2v) is 4.53. The van der Waals surface area contributed by atoms with Crippen LogP contribution in [0.2, 0.25) is 0 Å². The highest BCUT2D eigenvalue weighted by Crippen LogP contribution is 2.28. The lowest BCUT2D eigenvalue weighted by Gasteiger charge is -2.39. The monoisotopic (exact) mass is 184 g/mol. The molecule has 2 heterocycles. The van der Waals surface area contributed by atoms with Crippen molar-refractivity contribution >= 4 is 0 Å². The topological polar surface area (TPSA) is 24.5 Å². The maximum Gasteiger partial charge on any atom is 0.0974 e. The molecule has 3 heteroatoms. The van der Waals surface area contributed by atoms with Crippen LogP contribution in [-0.2, 0) is 4.74 Å². The summed E-state index contributed by atoms with van der Waals surface area (Å²) in [7, 11) is 0. The SMILES string of the molecule is CC(C)N1CCC2(CC1)CNCO2.